The maximum absolute atomic E-state index is 14.1. The van der Waals surface area contributed by atoms with Crippen LogP contribution in [0.15, 0.2) is 77.7 Å². The fourth-order valence-electron chi connectivity index (χ4n) is 5.01. The molecule has 4 rings (SSSR count). The minimum absolute atomic E-state index is 0.0287. The van der Waals surface area contributed by atoms with Crippen LogP contribution in [0.2, 0.25) is 5.02 Å². The molecule has 8 nitrogen and oxygen atoms in total. The van der Waals surface area contributed by atoms with Gasteiger partial charge in [-0.2, -0.15) is 0 Å². The predicted molar refractivity (Wildman–Crippen MR) is 161 cm³/mol. The summed E-state index contributed by atoms with van der Waals surface area (Å²) in [6.45, 7) is 2.96. The maximum atomic E-state index is 14.1. The van der Waals surface area contributed by atoms with Crippen LogP contribution in [0.25, 0.3) is 0 Å². The van der Waals surface area contributed by atoms with Crippen molar-refractivity contribution >= 4 is 39.1 Å². The molecule has 10 heteroatoms. The Labute approximate surface area is 247 Å². The Morgan fingerprint density at radius 2 is 1.68 bits per heavy atom. The number of aryl methyl sites for hydroxylation is 1. The van der Waals surface area contributed by atoms with Crippen molar-refractivity contribution in [2.75, 3.05) is 18.0 Å². The van der Waals surface area contributed by atoms with Gasteiger partial charge in [-0.25, -0.2) is 8.42 Å². The van der Waals surface area contributed by atoms with Crippen LogP contribution in [0, 0.1) is 6.92 Å². The van der Waals surface area contributed by atoms with Crippen LogP contribution >= 0.6 is 11.6 Å². The van der Waals surface area contributed by atoms with Gasteiger partial charge in [0, 0.05) is 17.6 Å². The van der Waals surface area contributed by atoms with E-state index >= 15 is 0 Å². The normalized spacial score (nSPS) is 14.3. The number of carbonyl (C=O) groups excluding carboxylic acids is 2. The zero-order valence-corrected chi connectivity index (χ0v) is 25.1. The van der Waals surface area contributed by atoms with Gasteiger partial charge in [-0.05, 0) is 68.1 Å². The van der Waals surface area contributed by atoms with E-state index < -0.39 is 28.5 Å². The van der Waals surface area contributed by atoms with Crippen LogP contribution in [-0.4, -0.2) is 50.9 Å². The van der Waals surface area contributed by atoms with Crippen molar-refractivity contribution in [2.45, 2.75) is 63.1 Å². The Hall–Kier alpha value is -3.56. The molecular formula is C31H36ClN3O5S. The number of anilines is 1. The summed E-state index contributed by atoms with van der Waals surface area (Å²) >= 11 is 6.44. The summed E-state index contributed by atoms with van der Waals surface area (Å²) in [7, 11) is -2.75. The maximum Gasteiger partial charge on any atom is 0.264 e. The number of ether oxygens (including phenoxy) is 1. The van der Waals surface area contributed by atoms with E-state index in [0.717, 1.165) is 35.6 Å². The van der Waals surface area contributed by atoms with Crippen LogP contribution in [-0.2, 0) is 26.2 Å². The molecule has 0 aromatic heterocycles. The van der Waals surface area contributed by atoms with Gasteiger partial charge in [0.25, 0.3) is 10.0 Å². The second-order valence-electron chi connectivity index (χ2n) is 10.3. The van der Waals surface area contributed by atoms with Gasteiger partial charge in [0.05, 0.1) is 17.7 Å². The highest BCUT2D eigenvalue weighted by Gasteiger charge is 2.34. The molecule has 1 aliphatic rings. The smallest absolute Gasteiger partial charge is 0.264 e. The zero-order chi connectivity index (χ0) is 29.6. The molecule has 41 heavy (non-hydrogen) atoms. The van der Waals surface area contributed by atoms with Gasteiger partial charge in [0.15, 0.2) is 0 Å². The molecular weight excluding hydrogens is 562 g/mol. The average Bonchev–Trinajstić information content (AvgIpc) is 3.48. The quantitative estimate of drug-likeness (QED) is 0.322. The van der Waals surface area contributed by atoms with E-state index in [2.05, 4.69) is 5.32 Å². The van der Waals surface area contributed by atoms with E-state index in [1.807, 2.05) is 6.92 Å². The summed E-state index contributed by atoms with van der Waals surface area (Å²) in [4.78, 5) is 28.9. The van der Waals surface area contributed by atoms with Gasteiger partial charge in [0.1, 0.15) is 18.3 Å². The molecule has 1 atom stereocenters. The molecule has 0 radical (unpaired) electrons. The first-order valence-electron chi connectivity index (χ1n) is 13.7. The summed E-state index contributed by atoms with van der Waals surface area (Å²) < 4.78 is 34.6. The number of hydrogen-bond acceptors (Lipinski definition) is 5. The van der Waals surface area contributed by atoms with E-state index in [4.69, 9.17) is 16.3 Å². The number of nitrogens with one attached hydrogen (secondary N) is 1. The highest BCUT2D eigenvalue weighted by molar-refractivity contribution is 7.92. The molecule has 3 aromatic rings. The Kier molecular flexibility index (Phi) is 9.94. The van der Waals surface area contributed by atoms with E-state index in [1.165, 1.54) is 24.1 Å². The van der Waals surface area contributed by atoms with Crippen LogP contribution in [0.3, 0.4) is 0 Å². The molecule has 1 aliphatic carbocycles. The zero-order valence-electron chi connectivity index (χ0n) is 23.5. The SMILES string of the molecule is COc1ccc(C)cc1N(CC(=O)N(Cc1ccccc1Cl)[C@H](C)C(=O)NC1CCCC1)S(=O)(=O)c1ccccc1. The third kappa shape index (κ3) is 7.21. The van der Waals surface area contributed by atoms with E-state index in [1.54, 1.807) is 67.6 Å². The van der Waals surface area contributed by atoms with E-state index in [0.29, 0.717) is 16.3 Å². The van der Waals surface area contributed by atoms with Crippen LogP contribution in [0.5, 0.6) is 5.75 Å². The highest BCUT2D eigenvalue weighted by Crippen LogP contribution is 2.34. The molecule has 2 amide bonds. The summed E-state index contributed by atoms with van der Waals surface area (Å²) in [6.07, 6.45) is 3.89. The van der Waals surface area contributed by atoms with Crippen LogP contribution in [0.1, 0.15) is 43.7 Å². The molecule has 1 saturated carbocycles. The lowest BCUT2D eigenvalue weighted by Gasteiger charge is -2.33. The number of hydrogen-bond donors (Lipinski definition) is 1. The summed E-state index contributed by atoms with van der Waals surface area (Å²) in [5, 5.41) is 3.51. The number of methoxy groups -OCH3 is 1. The van der Waals surface area contributed by atoms with Crippen molar-refractivity contribution in [1.82, 2.24) is 10.2 Å². The van der Waals surface area contributed by atoms with E-state index in [9.17, 15) is 18.0 Å². The second-order valence-corrected chi connectivity index (χ2v) is 12.5. The number of halogens is 1. The van der Waals surface area contributed by atoms with Gasteiger partial charge in [0.2, 0.25) is 11.8 Å². The van der Waals surface area contributed by atoms with Gasteiger partial charge in [-0.15, -0.1) is 0 Å². The molecule has 218 valence electrons. The van der Waals surface area contributed by atoms with Gasteiger partial charge in [-0.1, -0.05) is 66.9 Å². The molecule has 0 bridgehead atoms. The molecule has 0 saturated heterocycles. The molecule has 1 fully saturated rings. The van der Waals surface area contributed by atoms with Crippen molar-refractivity contribution < 1.29 is 22.7 Å². The summed E-state index contributed by atoms with van der Waals surface area (Å²) in [5.41, 5.74) is 1.66. The Balaban J connectivity index is 1.74. The molecule has 0 heterocycles. The molecule has 1 N–H and O–H groups in total. The number of benzene rings is 3. The van der Waals surface area contributed by atoms with Gasteiger partial charge in [-0.3, -0.25) is 13.9 Å². The van der Waals surface area contributed by atoms with Crippen molar-refractivity contribution in [2.24, 2.45) is 0 Å². The number of amides is 2. The Morgan fingerprint density at radius 3 is 2.34 bits per heavy atom. The molecule has 3 aromatic carbocycles. The highest BCUT2D eigenvalue weighted by atomic mass is 35.5. The average molecular weight is 598 g/mol. The van der Waals surface area contributed by atoms with Crippen molar-refractivity contribution in [3.05, 3.63) is 88.9 Å². The largest absolute Gasteiger partial charge is 0.495 e. The topological polar surface area (TPSA) is 96.0 Å². The van der Waals surface area contributed by atoms with Gasteiger partial charge >= 0.3 is 0 Å². The van der Waals surface area contributed by atoms with Crippen molar-refractivity contribution in [1.29, 1.82) is 0 Å². The lowest BCUT2D eigenvalue weighted by molar-refractivity contribution is -0.139. The van der Waals surface area contributed by atoms with Crippen molar-refractivity contribution in [3.8, 4) is 5.75 Å². The monoisotopic (exact) mass is 597 g/mol. The van der Waals surface area contributed by atoms with Crippen LogP contribution < -0.4 is 14.4 Å². The first-order chi connectivity index (χ1) is 19.6. The lowest BCUT2D eigenvalue weighted by atomic mass is 10.1. The Morgan fingerprint density at radius 1 is 1.02 bits per heavy atom. The third-order valence-electron chi connectivity index (χ3n) is 7.38. The molecule has 0 unspecified atom stereocenters. The second kappa shape index (κ2) is 13.4. The number of rotatable bonds is 11. The predicted octanol–water partition coefficient (Wildman–Crippen LogP) is 5.33. The summed E-state index contributed by atoms with van der Waals surface area (Å²) in [6, 6.07) is 19.3. The first-order valence-corrected chi connectivity index (χ1v) is 15.5. The minimum Gasteiger partial charge on any atom is -0.495 e. The Bertz CT molecular complexity index is 1480. The van der Waals surface area contributed by atoms with E-state index in [-0.39, 0.29) is 29.1 Å². The van der Waals surface area contributed by atoms with Gasteiger partial charge < -0.3 is 15.0 Å². The number of carbonyl (C=O) groups is 2. The molecule has 0 aliphatic heterocycles. The molecule has 0 spiro atoms. The lowest BCUT2D eigenvalue weighted by Crippen LogP contribution is -2.52. The van der Waals surface area contributed by atoms with Crippen molar-refractivity contribution in [3.63, 3.8) is 0 Å². The summed E-state index contributed by atoms with van der Waals surface area (Å²) in [5.74, 6) is -0.544. The fraction of sp³-hybridized carbons (Fsp3) is 0.355. The number of sulfonamides is 1. The first kappa shape index (κ1) is 30.4. The number of nitrogens with zero attached hydrogens (tertiary/aromatic N) is 2. The third-order valence-corrected chi connectivity index (χ3v) is 9.52. The fourth-order valence-corrected chi connectivity index (χ4v) is 6.65. The van der Waals surface area contributed by atoms with Crippen LogP contribution in [0.4, 0.5) is 5.69 Å². The standard InChI is InChI=1S/C31H36ClN3O5S/c1-22-17-18-29(40-3)28(19-22)35(41(38,39)26-14-5-4-6-15-26)21-30(36)34(20-24-11-7-10-16-27(24)32)23(2)31(37)33-25-12-8-9-13-25/h4-7,10-11,14-19,23,25H,8-9,12-13,20-21H2,1-3H3,(H,33,37)/t23-/m1/s1. The minimum atomic E-state index is -4.20.